The van der Waals surface area contributed by atoms with Crippen molar-refractivity contribution < 1.29 is 4.74 Å². The van der Waals surface area contributed by atoms with E-state index in [1.165, 1.54) is 58.2 Å². The van der Waals surface area contributed by atoms with Crippen molar-refractivity contribution in [3.05, 3.63) is 0 Å². The van der Waals surface area contributed by atoms with Crippen LogP contribution in [-0.4, -0.2) is 37.2 Å². The molecule has 0 bridgehead atoms. The van der Waals surface area contributed by atoms with E-state index in [4.69, 9.17) is 4.74 Å². The van der Waals surface area contributed by atoms with E-state index in [0.29, 0.717) is 6.10 Å². The molecule has 0 N–H and O–H groups in total. The van der Waals surface area contributed by atoms with Crippen LogP contribution in [0.1, 0.15) is 59.3 Å². The Labute approximate surface area is 119 Å². The maximum Gasteiger partial charge on any atom is 0.0581 e. The lowest BCUT2D eigenvalue weighted by molar-refractivity contribution is -0.0422. The van der Waals surface area contributed by atoms with Crippen LogP contribution in [0.4, 0.5) is 0 Å². The summed E-state index contributed by atoms with van der Waals surface area (Å²) in [6.45, 7) is 12.0. The minimum absolute atomic E-state index is 0.588. The Morgan fingerprint density at radius 2 is 1.84 bits per heavy atom. The van der Waals surface area contributed by atoms with Gasteiger partial charge in [-0.3, -0.25) is 0 Å². The van der Waals surface area contributed by atoms with Crippen LogP contribution in [0.3, 0.4) is 0 Å². The molecule has 19 heavy (non-hydrogen) atoms. The first kappa shape index (κ1) is 15.3. The molecule has 2 heteroatoms. The van der Waals surface area contributed by atoms with Gasteiger partial charge in [0.2, 0.25) is 0 Å². The largest absolute Gasteiger partial charge is 0.378 e. The van der Waals surface area contributed by atoms with Gasteiger partial charge in [0.25, 0.3) is 0 Å². The molecular weight excluding hydrogens is 234 g/mol. The van der Waals surface area contributed by atoms with Crippen molar-refractivity contribution in [1.82, 2.24) is 4.90 Å². The summed E-state index contributed by atoms with van der Waals surface area (Å²) < 4.78 is 5.87. The summed E-state index contributed by atoms with van der Waals surface area (Å²) >= 11 is 0. The van der Waals surface area contributed by atoms with Crippen LogP contribution in [0.25, 0.3) is 0 Å². The summed E-state index contributed by atoms with van der Waals surface area (Å²) in [5.74, 6) is 2.77. The van der Waals surface area contributed by atoms with Gasteiger partial charge >= 0.3 is 0 Å². The standard InChI is InChI=1S/C17H33NO/c1-4-5-10-19-17-11-15(12-17)13-18-8-6-16(7-9-18)14(2)3/h14-17H,4-13H2,1-3H3. The van der Waals surface area contributed by atoms with Crippen molar-refractivity contribution in [2.75, 3.05) is 26.2 Å². The van der Waals surface area contributed by atoms with Crippen LogP contribution in [0.2, 0.25) is 0 Å². The first-order chi connectivity index (χ1) is 9.19. The van der Waals surface area contributed by atoms with Crippen LogP contribution < -0.4 is 0 Å². The fourth-order valence-electron chi connectivity index (χ4n) is 3.52. The Morgan fingerprint density at radius 1 is 1.16 bits per heavy atom. The van der Waals surface area contributed by atoms with Crippen molar-refractivity contribution in [2.45, 2.75) is 65.4 Å². The van der Waals surface area contributed by atoms with E-state index in [-0.39, 0.29) is 0 Å². The van der Waals surface area contributed by atoms with Gasteiger partial charge in [-0.1, -0.05) is 27.2 Å². The highest BCUT2D eigenvalue weighted by molar-refractivity contribution is 4.84. The molecule has 2 rings (SSSR count). The number of hydrogen-bond donors (Lipinski definition) is 0. The van der Waals surface area contributed by atoms with Crippen molar-refractivity contribution in [1.29, 1.82) is 0 Å². The summed E-state index contributed by atoms with van der Waals surface area (Å²) in [6, 6.07) is 0. The minimum Gasteiger partial charge on any atom is -0.378 e. The minimum atomic E-state index is 0.588. The summed E-state index contributed by atoms with van der Waals surface area (Å²) in [4.78, 5) is 2.70. The average Bonchev–Trinajstić information content (AvgIpc) is 2.36. The van der Waals surface area contributed by atoms with Crippen molar-refractivity contribution in [3.8, 4) is 0 Å². The van der Waals surface area contributed by atoms with Gasteiger partial charge in [-0.15, -0.1) is 0 Å². The van der Waals surface area contributed by atoms with Crippen LogP contribution in [0.15, 0.2) is 0 Å². The van der Waals surface area contributed by atoms with Gasteiger partial charge in [0.05, 0.1) is 6.10 Å². The molecule has 1 heterocycles. The highest BCUT2D eigenvalue weighted by atomic mass is 16.5. The molecule has 2 fully saturated rings. The zero-order valence-corrected chi connectivity index (χ0v) is 13.2. The van der Waals surface area contributed by atoms with E-state index in [1.54, 1.807) is 0 Å². The van der Waals surface area contributed by atoms with E-state index in [2.05, 4.69) is 25.7 Å². The molecule has 1 saturated carbocycles. The van der Waals surface area contributed by atoms with Gasteiger partial charge in [0.15, 0.2) is 0 Å². The molecule has 1 aliphatic heterocycles. The fourth-order valence-corrected chi connectivity index (χ4v) is 3.52. The lowest BCUT2D eigenvalue weighted by atomic mass is 9.80. The molecule has 1 saturated heterocycles. The Hall–Kier alpha value is -0.0800. The highest BCUT2D eigenvalue weighted by Crippen LogP contribution is 2.32. The number of ether oxygens (including phenoxy) is 1. The van der Waals surface area contributed by atoms with E-state index in [1.807, 2.05) is 0 Å². The lowest BCUT2D eigenvalue weighted by Gasteiger charge is -2.41. The Morgan fingerprint density at radius 3 is 2.42 bits per heavy atom. The maximum absolute atomic E-state index is 5.87. The van der Waals surface area contributed by atoms with Crippen LogP contribution >= 0.6 is 0 Å². The van der Waals surface area contributed by atoms with Gasteiger partial charge in [-0.2, -0.15) is 0 Å². The second kappa shape index (κ2) is 7.64. The predicted molar refractivity (Wildman–Crippen MR) is 81.4 cm³/mol. The predicted octanol–water partition coefficient (Wildman–Crippen LogP) is 3.95. The third kappa shape index (κ3) is 4.75. The molecule has 0 atom stereocenters. The molecule has 0 amide bonds. The Kier molecular flexibility index (Phi) is 6.15. The number of hydrogen-bond acceptors (Lipinski definition) is 2. The van der Waals surface area contributed by atoms with Gasteiger partial charge in [0.1, 0.15) is 0 Å². The zero-order chi connectivity index (χ0) is 13.7. The van der Waals surface area contributed by atoms with E-state index < -0.39 is 0 Å². The van der Waals surface area contributed by atoms with E-state index in [0.717, 1.165) is 24.4 Å². The summed E-state index contributed by atoms with van der Waals surface area (Å²) in [5, 5.41) is 0. The molecule has 2 aliphatic rings. The first-order valence-corrected chi connectivity index (χ1v) is 8.53. The molecule has 0 unspecified atom stereocenters. The van der Waals surface area contributed by atoms with Crippen LogP contribution in [-0.2, 0) is 4.74 Å². The topological polar surface area (TPSA) is 12.5 Å². The fraction of sp³-hybridized carbons (Fsp3) is 1.00. The molecule has 0 aromatic heterocycles. The van der Waals surface area contributed by atoms with Gasteiger partial charge in [-0.25, -0.2) is 0 Å². The van der Waals surface area contributed by atoms with Crippen molar-refractivity contribution >= 4 is 0 Å². The normalized spacial score (nSPS) is 29.7. The summed E-state index contributed by atoms with van der Waals surface area (Å²) in [7, 11) is 0. The highest BCUT2D eigenvalue weighted by Gasteiger charge is 2.32. The number of likely N-dealkylation sites (tertiary alicyclic amines) is 1. The zero-order valence-electron chi connectivity index (χ0n) is 13.2. The smallest absolute Gasteiger partial charge is 0.0581 e. The first-order valence-electron chi connectivity index (χ1n) is 8.53. The maximum atomic E-state index is 5.87. The van der Waals surface area contributed by atoms with E-state index in [9.17, 15) is 0 Å². The molecule has 1 aliphatic carbocycles. The molecular formula is C17H33NO. The number of nitrogens with zero attached hydrogens (tertiary/aromatic N) is 1. The van der Waals surface area contributed by atoms with E-state index >= 15 is 0 Å². The monoisotopic (exact) mass is 267 g/mol. The summed E-state index contributed by atoms with van der Waals surface area (Å²) in [6.07, 6.45) is 8.53. The number of piperidine rings is 1. The molecule has 2 nitrogen and oxygen atoms in total. The third-order valence-electron chi connectivity index (χ3n) is 5.14. The molecule has 0 radical (unpaired) electrons. The SMILES string of the molecule is CCCCOC1CC(CN2CCC(C(C)C)CC2)C1. The Bertz CT molecular complexity index is 240. The second-order valence-corrected chi connectivity index (χ2v) is 7.07. The van der Waals surface area contributed by atoms with Crippen molar-refractivity contribution in [2.24, 2.45) is 17.8 Å². The second-order valence-electron chi connectivity index (χ2n) is 7.07. The quantitative estimate of drug-likeness (QED) is 0.648. The molecule has 0 spiro atoms. The number of rotatable bonds is 7. The lowest BCUT2D eigenvalue weighted by Crippen LogP contribution is -2.43. The average molecular weight is 267 g/mol. The van der Waals surface area contributed by atoms with Crippen LogP contribution in [0.5, 0.6) is 0 Å². The molecule has 0 aromatic carbocycles. The molecule has 112 valence electrons. The van der Waals surface area contributed by atoms with Gasteiger partial charge in [-0.05, 0) is 62.9 Å². The summed E-state index contributed by atoms with van der Waals surface area (Å²) in [5.41, 5.74) is 0. The van der Waals surface area contributed by atoms with Gasteiger partial charge < -0.3 is 9.64 Å². The van der Waals surface area contributed by atoms with Crippen molar-refractivity contribution in [3.63, 3.8) is 0 Å². The molecule has 0 aromatic rings. The van der Waals surface area contributed by atoms with Gasteiger partial charge in [0, 0.05) is 13.2 Å². The third-order valence-corrected chi connectivity index (χ3v) is 5.14. The Balaban J connectivity index is 1.53. The van der Waals surface area contributed by atoms with Crippen LogP contribution in [0, 0.1) is 17.8 Å². The number of unbranched alkanes of at least 4 members (excludes halogenated alkanes) is 1.